The Morgan fingerprint density at radius 2 is 1.88 bits per heavy atom. The maximum atomic E-state index is 12.2. The highest BCUT2D eigenvalue weighted by Crippen LogP contribution is 2.12. The molecule has 1 aliphatic heterocycles. The summed E-state index contributed by atoms with van der Waals surface area (Å²) in [5, 5.41) is 6.35. The first-order valence-electron chi connectivity index (χ1n) is 9.18. The molecule has 0 aliphatic carbocycles. The van der Waals surface area contributed by atoms with Crippen LogP contribution in [0.25, 0.3) is 0 Å². The van der Waals surface area contributed by atoms with Crippen LogP contribution in [0.4, 0.5) is 0 Å². The van der Waals surface area contributed by atoms with Crippen LogP contribution >= 0.6 is 0 Å². The summed E-state index contributed by atoms with van der Waals surface area (Å²) in [5.74, 6) is 0.946. The standard InChI is InChI=1S/C21H27N3O2/c1-17-13-22-11-12-24(17)15-21(25)23-14-18-7-9-19(10-8-18)16-26-20-5-3-2-4-6-20/h2-10,17,22H,11-16H2,1H3,(H,23,25)/t17-/m1/s1. The van der Waals surface area contributed by atoms with Gasteiger partial charge >= 0.3 is 0 Å². The van der Waals surface area contributed by atoms with Crippen molar-refractivity contribution >= 4 is 5.91 Å². The molecule has 5 nitrogen and oxygen atoms in total. The number of carbonyl (C=O) groups excluding carboxylic acids is 1. The molecule has 2 aromatic rings. The first-order valence-corrected chi connectivity index (χ1v) is 9.18. The maximum absolute atomic E-state index is 12.2. The number of piperazine rings is 1. The summed E-state index contributed by atoms with van der Waals surface area (Å²) in [5.41, 5.74) is 2.20. The van der Waals surface area contributed by atoms with E-state index in [0.717, 1.165) is 36.5 Å². The van der Waals surface area contributed by atoms with Crippen molar-refractivity contribution in [2.75, 3.05) is 26.2 Å². The van der Waals surface area contributed by atoms with Gasteiger partial charge in [0.25, 0.3) is 0 Å². The molecule has 0 bridgehead atoms. The lowest BCUT2D eigenvalue weighted by molar-refractivity contribution is -0.123. The van der Waals surface area contributed by atoms with Gasteiger partial charge < -0.3 is 15.4 Å². The van der Waals surface area contributed by atoms with Crippen molar-refractivity contribution in [2.45, 2.75) is 26.1 Å². The molecule has 2 aromatic carbocycles. The summed E-state index contributed by atoms with van der Waals surface area (Å²) in [6, 6.07) is 18.4. The lowest BCUT2D eigenvalue weighted by atomic mass is 10.1. The summed E-state index contributed by atoms with van der Waals surface area (Å²) in [7, 11) is 0. The van der Waals surface area contributed by atoms with Crippen LogP contribution in [0.2, 0.25) is 0 Å². The summed E-state index contributed by atoms with van der Waals surface area (Å²) < 4.78 is 5.74. The van der Waals surface area contributed by atoms with Crippen LogP contribution in [0.3, 0.4) is 0 Å². The fourth-order valence-electron chi connectivity index (χ4n) is 3.00. The molecule has 1 aliphatic rings. The van der Waals surface area contributed by atoms with E-state index in [1.54, 1.807) is 0 Å². The van der Waals surface area contributed by atoms with Gasteiger partial charge in [-0.2, -0.15) is 0 Å². The van der Waals surface area contributed by atoms with Crippen LogP contribution in [-0.4, -0.2) is 43.0 Å². The molecular formula is C21H27N3O2. The largest absolute Gasteiger partial charge is 0.489 e. The van der Waals surface area contributed by atoms with Gasteiger partial charge in [0.05, 0.1) is 6.54 Å². The molecule has 1 atom stereocenters. The quantitative estimate of drug-likeness (QED) is 0.801. The molecule has 26 heavy (non-hydrogen) atoms. The average Bonchev–Trinajstić information content (AvgIpc) is 2.68. The van der Waals surface area contributed by atoms with Crippen LogP contribution < -0.4 is 15.4 Å². The second-order valence-corrected chi connectivity index (χ2v) is 6.72. The monoisotopic (exact) mass is 353 g/mol. The van der Waals surface area contributed by atoms with E-state index < -0.39 is 0 Å². The predicted molar refractivity (Wildman–Crippen MR) is 103 cm³/mol. The predicted octanol–water partition coefficient (Wildman–Crippen LogP) is 2.18. The molecule has 5 heteroatoms. The molecule has 1 saturated heterocycles. The Hall–Kier alpha value is -2.37. The molecule has 2 N–H and O–H groups in total. The Balaban J connectivity index is 1.41. The molecule has 1 fully saturated rings. The minimum atomic E-state index is 0.0789. The zero-order chi connectivity index (χ0) is 18.2. The van der Waals surface area contributed by atoms with E-state index in [1.165, 1.54) is 0 Å². The highest BCUT2D eigenvalue weighted by Gasteiger charge is 2.19. The SMILES string of the molecule is C[C@@H]1CNCCN1CC(=O)NCc1ccc(COc2ccccc2)cc1. The van der Waals surface area contributed by atoms with Gasteiger partial charge in [-0.05, 0) is 30.2 Å². The Morgan fingerprint density at radius 3 is 2.62 bits per heavy atom. The number of nitrogens with zero attached hydrogens (tertiary/aromatic N) is 1. The first kappa shape index (κ1) is 18.4. The molecule has 138 valence electrons. The van der Waals surface area contributed by atoms with Crippen molar-refractivity contribution < 1.29 is 9.53 Å². The number of carbonyl (C=O) groups is 1. The molecule has 0 aromatic heterocycles. The van der Waals surface area contributed by atoms with Crippen molar-refractivity contribution in [1.82, 2.24) is 15.5 Å². The minimum absolute atomic E-state index is 0.0789. The normalized spacial score (nSPS) is 17.7. The number of amides is 1. The zero-order valence-electron chi connectivity index (χ0n) is 15.3. The highest BCUT2D eigenvalue weighted by atomic mass is 16.5. The van der Waals surface area contributed by atoms with Gasteiger partial charge in [0.2, 0.25) is 5.91 Å². The van der Waals surface area contributed by atoms with Crippen LogP contribution in [0.1, 0.15) is 18.1 Å². The van der Waals surface area contributed by atoms with E-state index >= 15 is 0 Å². The van der Waals surface area contributed by atoms with Crippen LogP contribution in [-0.2, 0) is 17.9 Å². The summed E-state index contributed by atoms with van der Waals surface area (Å²) in [6.45, 7) is 6.52. The first-order chi connectivity index (χ1) is 12.7. The van der Waals surface area contributed by atoms with Gasteiger partial charge in [0.15, 0.2) is 0 Å². The second kappa shape index (κ2) is 9.36. The number of rotatable bonds is 7. The number of hydrogen-bond donors (Lipinski definition) is 2. The molecular weight excluding hydrogens is 326 g/mol. The van der Waals surface area contributed by atoms with E-state index in [1.807, 2.05) is 54.6 Å². The lowest BCUT2D eigenvalue weighted by Gasteiger charge is -2.33. The van der Waals surface area contributed by atoms with Crippen molar-refractivity contribution in [3.05, 3.63) is 65.7 Å². The lowest BCUT2D eigenvalue weighted by Crippen LogP contribution is -2.52. The third-order valence-corrected chi connectivity index (χ3v) is 4.65. The van der Waals surface area contributed by atoms with Crippen LogP contribution in [0.5, 0.6) is 5.75 Å². The van der Waals surface area contributed by atoms with Gasteiger partial charge in [-0.3, -0.25) is 9.69 Å². The molecule has 0 radical (unpaired) electrons. The van der Waals surface area contributed by atoms with Crippen LogP contribution in [0.15, 0.2) is 54.6 Å². The Labute approximate surface area is 155 Å². The van der Waals surface area contributed by atoms with Gasteiger partial charge in [-0.25, -0.2) is 0 Å². The van der Waals surface area contributed by atoms with E-state index in [2.05, 4.69) is 22.5 Å². The van der Waals surface area contributed by atoms with Crippen molar-refractivity contribution in [3.8, 4) is 5.75 Å². The number of para-hydroxylation sites is 1. The highest BCUT2D eigenvalue weighted by molar-refractivity contribution is 5.78. The average molecular weight is 353 g/mol. The Kier molecular flexibility index (Phi) is 6.63. The molecule has 1 amide bonds. The topological polar surface area (TPSA) is 53.6 Å². The maximum Gasteiger partial charge on any atom is 0.234 e. The van der Waals surface area contributed by atoms with Crippen molar-refractivity contribution in [2.24, 2.45) is 0 Å². The summed E-state index contributed by atoms with van der Waals surface area (Å²) >= 11 is 0. The van der Waals surface area contributed by atoms with Gasteiger partial charge in [-0.1, -0.05) is 42.5 Å². The van der Waals surface area contributed by atoms with Gasteiger partial charge in [0, 0.05) is 32.2 Å². The van der Waals surface area contributed by atoms with Gasteiger partial charge in [-0.15, -0.1) is 0 Å². The van der Waals surface area contributed by atoms with Gasteiger partial charge in [0.1, 0.15) is 12.4 Å². The second-order valence-electron chi connectivity index (χ2n) is 6.72. The number of benzene rings is 2. The molecule has 0 saturated carbocycles. The Bertz CT molecular complexity index is 688. The van der Waals surface area contributed by atoms with E-state index in [4.69, 9.17) is 4.74 Å². The molecule has 1 heterocycles. The fourth-order valence-corrected chi connectivity index (χ4v) is 3.00. The molecule has 3 rings (SSSR count). The minimum Gasteiger partial charge on any atom is -0.489 e. The van der Waals surface area contributed by atoms with E-state index in [-0.39, 0.29) is 5.91 Å². The summed E-state index contributed by atoms with van der Waals surface area (Å²) in [4.78, 5) is 14.4. The van der Waals surface area contributed by atoms with Crippen molar-refractivity contribution in [1.29, 1.82) is 0 Å². The molecule has 0 spiro atoms. The third-order valence-electron chi connectivity index (χ3n) is 4.65. The number of nitrogens with one attached hydrogen (secondary N) is 2. The van der Waals surface area contributed by atoms with E-state index in [0.29, 0.717) is 25.7 Å². The van der Waals surface area contributed by atoms with Crippen molar-refractivity contribution in [3.63, 3.8) is 0 Å². The molecule has 0 unspecified atom stereocenters. The summed E-state index contributed by atoms with van der Waals surface area (Å²) in [6.07, 6.45) is 0. The number of ether oxygens (including phenoxy) is 1. The smallest absolute Gasteiger partial charge is 0.234 e. The van der Waals surface area contributed by atoms with E-state index in [9.17, 15) is 4.79 Å². The Morgan fingerprint density at radius 1 is 1.15 bits per heavy atom. The zero-order valence-corrected chi connectivity index (χ0v) is 15.3. The third kappa shape index (κ3) is 5.58. The van der Waals surface area contributed by atoms with Crippen LogP contribution in [0, 0.1) is 0 Å². The fraction of sp³-hybridized carbons (Fsp3) is 0.381. The number of hydrogen-bond acceptors (Lipinski definition) is 4.